The number of nitrogens with two attached hydrogens (primary N) is 1. The number of nitrogens with zero attached hydrogens (tertiary/aromatic N) is 7. The summed E-state index contributed by atoms with van der Waals surface area (Å²) in [5.74, 6) is -1.58. The molecule has 0 unspecified atom stereocenters. The molecule has 2 aliphatic heterocycles. The molecule has 2 aliphatic rings. The summed E-state index contributed by atoms with van der Waals surface area (Å²) >= 11 is 0. The summed E-state index contributed by atoms with van der Waals surface area (Å²) in [4.78, 5) is 56.9. The number of carboxylic acid groups (broad SMARTS) is 1. The molecule has 1 saturated heterocycles. The minimum absolute atomic E-state index is 0.00793. The molecule has 1 amide bonds. The van der Waals surface area contributed by atoms with Crippen LogP contribution in [0, 0.1) is 11.6 Å². The Kier molecular flexibility index (Phi) is 10.3. The lowest BCUT2D eigenvalue weighted by molar-refractivity contribution is -0.112. The molecular weight excluding hydrogens is 730 g/mol. The lowest BCUT2D eigenvalue weighted by Gasteiger charge is -2.38. The minimum Gasteiger partial charge on any atom is -0.493 e. The number of hydrogen-bond acceptors (Lipinski definition) is 12. The fraction of sp³-hybridized carbons (Fsp3) is 0.282. The van der Waals surface area contributed by atoms with Crippen molar-refractivity contribution in [1.82, 2.24) is 19.4 Å². The van der Waals surface area contributed by atoms with Crippen molar-refractivity contribution in [2.45, 2.75) is 19.9 Å². The number of carboxylic acids is 1. The molecule has 290 valence electrons. The van der Waals surface area contributed by atoms with Crippen molar-refractivity contribution in [3.63, 3.8) is 0 Å². The number of aromatic nitrogens is 3. The van der Waals surface area contributed by atoms with Gasteiger partial charge in [0.25, 0.3) is 11.9 Å². The van der Waals surface area contributed by atoms with Crippen LogP contribution < -0.4 is 35.2 Å². The highest BCUT2D eigenvalue weighted by atomic mass is 19.1. The maximum absolute atomic E-state index is 15.5. The number of aliphatic imine (C=N–C) groups is 1. The van der Waals surface area contributed by atoms with Crippen molar-refractivity contribution in [1.29, 1.82) is 0 Å². The van der Waals surface area contributed by atoms with Crippen LogP contribution in [-0.2, 0) is 17.8 Å². The second-order valence-corrected chi connectivity index (χ2v) is 13.2. The smallest absolute Gasteiger partial charge is 0.341 e. The van der Waals surface area contributed by atoms with E-state index >= 15 is 4.39 Å². The van der Waals surface area contributed by atoms with Crippen LogP contribution in [0.3, 0.4) is 0 Å². The maximum atomic E-state index is 15.5. The van der Waals surface area contributed by atoms with E-state index in [1.165, 1.54) is 56.8 Å². The highest BCUT2D eigenvalue weighted by Crippen LogP contribution is 2.39. The van der Waals surface area contributed by atoms with Gasteiger partial charge in [0.05, 0.1) is 44.9 Å². The van der Waals surface area contributed by atoms with Gasteiger partial charge in [-0.1, -0.05) is 0 Å². The standard InChI is InChI=1S/C39H38F2N8O7/c1-5-47-19-26(38(52)53)34(50)25-16-27(41)30(17-29(25)47)48-10-8-46(9-11-48)20-49-28-7-6-23(40)15-24(28)33(37(49)51)44-39-43-18-22(36(42)45-39)12-21-13-31(54-2)35(56-4)32(14-21)55-3/h6-7,13-19H,5,8-12,20H2,1-4H3,(H,52,53)(H2,42,43,45)/b44-33-. The van der Waals surface area contributed by atoms with Crippen molar-refractivity contribution < 1.29 is 37.7 Å². The van der Waals surface area contributed by atoms with Gasteiger partial charge >= 0.3 is 5.97 Å². The van der Waals surface area contributed by atoms with E-state index in [1.807, 2.05) is 9.80 Å². The fourth-order valence-electron chi connectivity index (χ4n) is 7.08. The number of carbonyl (C=O) groups is 2. The van der Waals surface area contributed by atoms with Gasteiger partial charge < -0.3 is 34.5 Å². The average molecular weight is 769 g/mol. The van der Waals surface area contributed by atoms with Gasteiger partial charge in [-0.15, -0.1) is 0 Å². The van der Waals surface area contributed by atoms with E-state index in [-0.39, 0.29) is 40.8 Å². The highest BCUT2D eigenvalue weighted by Gasteiger charge is 2.36. The van der Waals surface area contributed by atoms with E-state index in [0.29, 0.717) is 73.2 Å². The molecule has 5 aromatic rings. The van der Waals surface area contributed by atoms with E-state index in [2.05, 4.69) is 15.0 Å². The van der Waals surface area contributed by atoms with Gasteiger partial charge in [-0.05, 0) is 55.0 Å². The van der Waals surface area contributed by atoms with Crippen LogP contribution >= 0.6 is 0 Å². The number of rotatable bonds is 11. The molecule has 0 saturated carbocycles. The summed E-state index contributed by atoms with van der Waals surface area (Å²) in [6, 6.07) is 10.3. The van der Waals surface area contributed by atoms with Crippen LogP contribution in [0.25, 0.3) is 10.9 Å². The Balaban J connectivity index is 1.09. The minimum atomic E-state index is -1.38. The number of piperazine rings is 1. The van der Waals surface area contributed by atoms with Crippen LogP contribution in [0.2, 0.25) is 0 Å². The van der Waals surface area contributed by atoms with Crippen LogP contribution in [0.1, 0.15) is 34.0 Å². The second kappa shape index (κ2) is 15.3. The van der Waals surface area contributed by atoms with Gasteiger partial charge in [0, 0.05) is 68.1 Å². The zero-order valence-corrected chi connectivity index (χ0v) is 31.0. The number of nitrogen functional groups attached to an aromatic ring is 1. The molecule has 7 rings (SSSR count). The van der Waals surface area contributed by atoms with Gasteiger partial charge in [-0.2, -0.15) is 4.98 Å². The third-order valence-electron chi connectivity index (χ3n) is 9.94. The zero-order chi connectivity index (χ0) is 39.8. The lowest BCUT2D eigenvalue weighted by Crippen LogP contribution is -2.51. The molecule has 0 atom stereocenters. The first-order chi connectivity index (χ1) is 26.9. The number of amides is 1. The summed E-state index contributed by atoms with van der Waals surface area (Å²) in [5, 5.41) is 9.47. The van der Waals surface area contributed by atoms with E-state index in [0.717, 1.165) is 11.6 Å². The van der Waals surface area contributed by atoms with E-state index < -0.39 is 34.5 Å². The largest absolute Gasteiger partial charge is 0.493 e. The van der Waals surface area contributed by atoms with Crippen LogP contribution in [-0.4, -0.2) is 96.3 Å². The number of anilines is 3. The molecule has 0 bridgehead atoms. The predicted molar refractivity (Wildman–Crippen MR) is 205 cm³/mol. The quantitative estimate of drug-likeness (QED) is 0.196. The van der Waals surface area contributed by atoms with E-state index in [4.69, 9.17) is 19.9 Å². The summed E-state index contributed by atoms with van der Waals surface area (Å²) in [7, 11) is 4.56. The number of fused-ring (bicyclic) bond motifs is 2. The Labute approximate surface area is 319 Å². The molecule has 1 fully saturated rings. The number of ether oxygens (including phenoxy) is 3. The number of aromatic carboxylic acids is 1. The van der Waals surface area contributed by atoms with Crippen molar-refractivity contribution in [2.24, 2.45) is 4.99 Å². The third kappa shape index (κ3) is 6.92. The third-order valence-corrected chi connectivity index (χ3v) is 9.94. The Bertz CT molecular complexity index is 2460. The number of carbonyl (C=O) groups excluding carboxylic acids is 1. The number of halogens is 2. The first-order valence-corrected chi connectivity index (χ1v) is 17.6. The number of benzene rings is 3. The summed E-state index contributed by atoms with van der Waals surface area (Å²) in [6.07, 6.45) is 3.12. The Morgan fingerprint density at radius 3 is 2.30 bits per heavy atom. The Morgan fingerprint density at radius 1 is 0.964 bits per heavy atom. The van der Waals surface area contributed by atoms with E-state index in [1.54, 1.807) is 29.7 Å². The molecule has 15 nitrogen and oxygen atoms in total. The SMILES string of the molecule is CCn1cc(C(=O)O)c(=O)c2cc(F)c(N3CCN(CN4C(=O)/C(=N\c5ncc(Cc6cc(OC)c(OC)c(OC)c6)c(N)n5)c5cc(F)ccc54)CC3)cc21. The number of pyridine rings is 1. The second-order valence-electron chi connectivity index (χ2n) is 13.2. The summed E-state index contributed by atoms with van der Waals surface area (Å²) < 4.78 is 48.0. The molecule has 0 aliphatic carbocycles. The monoisotopic (exact) mass is 768 g/mol. The molecule has 2 aromatic heterocycles. The number of hydrogen-bond donors (Lipinski definition) is 2. The molecule has 56 heavy (non-hydrogen) atoms. The van der Waals surface area contributed by atoms with Gasteiger partial charge in [0.1, 0.15) is 28.7 Å². The Morgan fingerprint density at radius 2 is 1.68 bits per heavy atom. The lowest BCUT2D eigenvalue weighted by atomic mass is 10.1. The normalized spacial score (nSPS) is 15.1. The summed E-state index contributed by atoms with van der Waals surface area (Å²) in [5.41, 5.74) is 7.96. The van der Waals surface area contributed by atoms with Crippen molar-refractivity contribution in [3.8, 4) is 17.2 Å². The zero-order valence-electron chi connectivity index (χ0n) is 31.0. The highest BCUT2D eigenvalue weighted by molar-refractivity contribution is 6.54. The maximum Gasteiger partial charge on any atom is 0.341 e. The number of aryl methyl sites for hydroxylation is 1. The topological polar surface area (TPSA) is 178 Å². The van der Waals surface area contributed by atoms with Crippen LogP contribution in [0.15, 0.2) is 64.6 Å². The number of methoxy groups -OCH3 is 3. The van der Waals surface area contributed by atoms with Gasteiger partial charge in [0.15, 0.2) is 11.5 Å². The van der Waals surface area contributed by atoms with Crippen molar-refractivity contribution >= 4 is 51.6 Å². The molecular formula is C39H38F2N8O7. The van der Waals surface area contributed by atoms with Gasteiger partial charge in [-0.3, -0.25) is 19.4 Å². The summed E-state index contributed by atoms with van der Waals surface area (Å²) in [6.45, 7) is 3.98. The molecule has 3 N–H and O–H groups in total. The molecule has 3 aromatic carbocycles. The van der Waals surface area contributed by atoms with E-state index in [9.17, 15) is 23.9 Å². The van der Waals surface area contributed by atoms with Gasteiger partial charge in [-0.25, -0.2) is 23.6 Å². The molecule has 17 heteroatoms. The molecule has 0 radical (unpaired) electrons. The van der Waals surface area contributed by atoms with Gasteiger partial charge in [0.2, 0.25) is 11.2 Å². The average Bonchev–Trinajstić information content (AvgIpc) is 3.43. The predicted octanol–water partition coefficient (Wildman–Crippen LogP) is 4.23. The van der Waals surface area contributed by atoms with Crippen LogP contribution in [0.5, 0.6) is 17.2 Å². The first-order valence-electron chi connectivity index (χ1n) is 17.6. The Hall–Kier alpha value is -6.62. The van der Waals surface area contributed by atoms with Crippen molar-refractivity contribution in [3.05, 3.63) is 99.0 Å². The van der Waals surface area contributed by atoms with Crippen LogP contribution in [0.4, 0.5) is 31.9 Å². The first kappa shape index (κ1) is 37.7. The molecule has 4 heterocycles. The van der Waals surface area contributed by atoms with Crippen molar-refractivity contribution in [2.75, 3.05) is 69.7 Å². The fourth-order valence-corrected chi connectivity index (χ4v) is 7.08. The molecule has 0 spiro atoms.